The summed E-state index contributed by atoms with van der Waals surface area (Å²) in [6.07, 6.45) is 2.22. The Labute approximate surface area is 112 Å². The van der Waals surface area contributed by atoms with Gasteiger partial charge >= 0.3 is 0 Å². The highest BCUT2D eigenvalue weighted by Crippen LogP contribution is 2.43. The first-order chi connectivity index (χ1) is 9.21. The van der Waals surface area contributed by atoms with Crippen LogP contribution in [0.15, 0.2) is 18.2 Å². The lowest BCUT2D eigenvalue weighted by molar-refractivity contribution is 0.392. The first-order valence-corrected chi connectivity index (χ1v) is 6.09. The Bertz CT molecular complexity index is 604. The smallest absolute Gasteiger partial charge is 0.155 e. The molecule has 0 aliphatic heterocycles. The van der Waals surface area contributed by atoms with Gasteiger partial charge in [0.25, 0.3) is 0 Å². The predicted octanol–water partition coefficient (Wildman–Crippen LogP) is 2.46. The van der Waals surface area contributed by atoms with Crippen molar-refractivity contribution in [2.45, 2.75) is 24.7 Å². The van der Waals surface area contributed by atoms with Crippen LogP contribution in [0.5, 0.6) is 5.75 Å². The van der Waals surface area contributed by atoms with Gasteiger partial charge in [-0.2, -0.15) is 15.8 Å². The van der Waals surface area contributed by atoms with E-state index in [9.17, 15) is 15.8 Å². The fourth-order valence-electron chi connectivity index (χ4n) is 2.74. The molecule has 0 fully saturated rings. The number of nitriles is 3. The van der Waals surface area contributed by atoms with E-state index in [0.29, 0.717) is 12.2 Å². The van der Waals surface area contributed by atoms with Crippen LogP contribution in [0, 0.1) is 39.9 Å². The van der Waals surface area contributed by atoms with Gasteiger partial charge in [-0.15, -0.1) is 0 Å². The SMILES string of the molecule is COc1ccc2c(c1)[C@](C#N)(C(C#N)C#N)CCC2. The summed E-state index contributed by atoms with van der Waals surface area (Å²) in [4.78, 5) is 0. The molecule has 94 valence electrons. The van der Waals surface area contributed by atoms with Gasteiger partial charge in [0.05, 0.1) is 25.3 Å². The second kappa shape index (κ2) is 5.01. The summed E-state index contributed by atoms with van der Waals surface area (Å²) in [6, 6.07) is 11.7. The number of aryl methyl sites for hydroxylation is 1. The zero-order chi connectivity index (χ0) is 13.9. The van der Waals surface area contributed by atoms with Crippen molar-refractivity contribution in [2.24, 2.45) is 5.92 Å². The normalized spacial score (nSPS) is 20.8. The van der Waals surface area contributed by atoms with E-state index in [-0.39, 0.29) is 0 Å². The predicted molar refractivity (Wildman–Crippen MR) is 67.9 cm³/mol. The molecule has 0 radical (unpaired) electrons. The van der Waals surface area contributed by atoms with Crippen LogP contribution in [0.25, 0.3) is 0 Å². The minimum Gasteiger partial charge on any atom is -0.497 e. The summed E-state index contributed by atoms with van der Waals surface area (Å²) >= 11 is 0. The van der Waals surface area contributed by atoms with Crippen molar-refractivity contribution in [2.75, 3.05) is 7.11 Å². The van der Waals surface area contributed by atoms with Crippen molar-refractivity contribution in [3.05, 3.63) is 29.3 Å². The number of hydrogen-bond acceptors (Lipinski definition) is 4. The summed E-state index contributed by atoms with van der Waals surface area (Å²) in [5.41, 5.74) is 0.767. The van der Waals surface area contributed by atoms with Crippen LogP contribution in [0.1, 0.15) is 24.0 Å². The number of hydrogen-bond donors (Lipinski definition) is 0. The van der Waals surface area contributed by atoms with Crippen molar-refractivity contribution in [3.63, 3.8) is 0 Å². The fraction of sp³-hybridized carbons (Fsp3) is 0.400. The number of benzene rings is 1. The van der Waals surface area contributed by atoms with Crippen LogP contribution in [0.3, 0.4) is 0 Å². The highest BCUT2D eigenvalue weighted by Gasteiger charge is 2.44. The molecular formula is C15H13N3O. The van der Waals surface area contributed by atoms with E-state index in [0.717, 1.165) is 24.0 Å². The third kappa shape index (κ3) is 1.90. The fourth-order valence-corrected chi connectivity index (χ4v) is 2.74. The van der Waals surface area contributed by atoms with E-state index in [2.05, 4.69) is 6.07 Å². The second-order valence-corrected chi connectivity index (χ2v) is 4.65. The van der Waals surface area contributed by atoms with Crippen molar-refractivity contribution >= 4 is 0 Å². The minimum atomic E-state index is -1.04. The van der Waals surface area contributed by atoms with E-state index in [1.165, 1.54) is 0 Å². The van der Waals surface area contributed by atoms with Gasteiger partial charge < -0.3 is 4.74 Å². The number of methoxy groups -OCH3 is 1. The molecular weight excluding hydrogens is 238 g/mol. The zero-order valence-electron chi connectivity index (χ0n) is 10.7. The average Bonchev–Trinajstić information content (AvgIpc) is 2.48. The Morgan fingerprint density at radius 2 is 2.00 bits per heavy atom. The minimum absolute atomic E-state index is 0.537. The Morgan fingerprint density at radius 1 is 1.26 bits per heavy atom. The molecule has 4 nitrogen and oxygen atoms in total. The molecule has 0 amide bonds. The van der Waals surface area contributed by atoms with Gasteiger partial charge in [-0.3, -0.25) is 0 Å². The molecule has 4 heteroatoms. The summed E-state index contributed by atoms with van der Waals surface area (Å²) in [6.45, 7) is 0. The van der Waals surface area contributed by atoms with Crippen LogP contribution >= 0.6 is 0 Å². The molecule has 19 heavy (non-hydrogen) atoms. The van der Waals surface area contributed by atoms with Crippen molar-refractivity contribution in [3.8, 4) is 24.0 Å². The van der Waals surface area contributed by atoms with Gasteiger partial charge in [-0.05, 0) is 42.5 Å². The Morgan fingerprint density at radius 3 is 2.58 bits per heavy atom. The average molecular weight is 251 g/mol. The zero-order valence-corrected chi connectivity index (χ0v) is 10.7. The Balaban J connectivity index is 2.66. The summed E-state index contributed by atoms with van der Waals surface area (Å²) < 4.78 is 5.19. The van der Waals surface area contributed by atoms with Crippen LogP contribution < -0.4 is 4.74 Å². The molecule has 1 aliphatic carbocycles. The molecule has 0 N–H and O–H groups in total. The highest BCUT2D eigenvalue weighted by molar-refractivity contribution is 5.48. The maximum absolute atomic E-state index is 9.59. The van der Waals surface area contributed by atoms with Gasteiger partial charge in [-0.25, -0.2) is 0 Å². The molecule has 0 saturated heterocycles. The lowest BCUT2D eigenvalue weighted by atomic mass is 9.64. The Hall–Kier alpha value is -2.51. The molecule has 1 aromatic carbocycles. The van der Waals surface area contributed by atoms with E-state index in [4.69, 9.17) is 4.74 Å². The number of ether oxygens (including phenoxy) is 1. The van der Waals surface area contributed by atoms with Crippen LogP contribution in [0.4, 0.5) is 0 Å². The first kappa shape index (κ1) is 12.9. The molecule has 1 atom stereocenters. The highest BCUT2D eigenvalue weighted by atomic mass is 16.5. The summed E-state index contributed by atoms with van der Waals surface area (Å²) in [5.74, 6) is -0.307. The largest absolute Gasteiger partial charge is 0.497 e. The molecule has 0 unspecified atom stereocenters. The number of nitrogens with zero attached hydrogens (tertiary/aromatic N) is 3. The first-order valence-electron chi connectivity index (χ1n) is 6.09. The van der Waals surface area contributed by atoms with Crippen LogP contribution in [-0.4, -0.2) is 7.11 Å². The molecule has 0 spiro atoms. The standard InChI is InChI=1S/C15H13N3O/c1-19-13-5-4-11-3-2-6-15(10-18,14(11)7-13)12(8-16)9-17/h4-5,7,12H,2-3,6H2,1H3/t15-/m1/s1. The number of fused-ring (bicyclic) bond motifs is 1. The Kier molecular flexibility index (Phi) is 3.41. The van der Waals surface area contributed by atoms with Crippen LogP contribution in [0.2, 0.25) is 0 Å². The number of rotatable bonds is 2. The maximum atomic E-state index is 9.59. The van der Waals surface area contributed by atoms with E-state index >= 15 is 0 Å². The van der Waals surface area contributed by atoms with Crippen molar-refractivity contribution in [1.29, 1.82) is 15.8 Å². The molecule has 0 bridgehead atoms. The monoisotopic (exact) mass is 251 g/mol. The topological polar surface area (TPSA) is 80.6 Å². The van der Waals surface area contributed by atoms with Gasteiger partial charge in [0.1, 0.15) is 11.2 Å². The molecule has 2 rings (SSSR count). The second-order valence-electron chi connectivity index (χ2n) is 4.65. The summed E-state index contributed by atoms with van der Waals surface area (Å²) in [7, 11) is 1.56. The maximum Gasteiger partial charge on any atom is 0.155 e. The van der Waals surface area contributed by atoms with Crippen molar-refractivity contribution in [1.82, 2.24) is 0 Å². The lowest BCUT2D eigenvalue weighted by Crippen LogP contribution is -2.36. The van der Waals surface area contributed by atoms with Gasteiger partial charge in [0.15, 0.2) is 5.92 Å². The van der Waals surface area contributed by atoms with Crippen LogP contribution in [-0.2, 0) is 11.8 Å². The molecule has 1 aromatic rings. The lowest BCUT2D eigenvalue weighted by Gasteiger charge is -2.34. The van der Waals surface area contributed by atoms with E-state index < -0.39 is 11.3 Å². The summed E-state index contributed by atoms with van der Waals surface area (Å²) in [5, 5.41) is 27.9. The third-order valence-corrected chi connectivity index (χ3v) is 3.77. The van der Waals surface area contributed by atoms with Gasteiger partial charge in [-0.1, -0.05) is 6.07 Å². The van der Waals surface area contributed by atoms with Gasteiger partial charge in [0.2, 0.25) is 0 Å². The molecule has 1 aliphatic rings. The molecule has 0 saturated carbocycles. The van der Waals surface area contributed by atoms with Gasteiger partial charge in [0, 0.05) is 0 Å². The molecule has 0 aromatic heterocycles. The quantitative estimate of drug-likeness (QED) is 0.808. The van der Waals surface area contributed by atoms with Crippen molar-refractivity contribution < 1.29 is 4.74 Å². The third-order valence-electron chi connectivity index (χ3n) is 3.77. The van der Waals surface area contributed by atoms with E-state index in [1.54, 1.807) is 13.2 Å². The van der Waals surface area contributed by atoms with E-state index in [1.807, 2.05) is 24.3 Å². The molecule has 0 heterocycles.